The number of phenols is 1. The maximum atomic E-state index is 12.9. The number of aromatic hydroxyl groups is 1. The number of hydrogen-bond acceptors (Lipinski definition) is 8. The van der Waals surface area contributed by atoms with Gasteiger partial charge in [0.05, 0.1) is 10.5 Å². The van der Waals surface area contributed by atoms with Gasteiger partial charge in [-0.15, -0.1) is 11.3 Å². The molecule has 2 aromatic rings. The molecule has 0 saturated carbocycles. The third-order valence-electron chi connectivity index (χ3n) is 4.43. The normalized spacial score (nSPS) is 14.7. The molecule has 3 rings (SSSR count). The molecule has 1 aliphatic heterocycles. The SMILES string of the molecule is CN1CCc2c(sc(N=Cc3cc(Cl)cc([N+](=O)[O-])c3O)c2C(=O)OC(C)(C)C)C1. The van der Waals surface area contributed by atoms with E-state index in [0.717, 1.165) is 23.1 Å². The molecule has 0 unspecified atom stereocenters. The van der Waals surface area contributed by atoms with Gasteiger partial charge >= 0.3 is 11.7 Å². The second-order valence-electron chi connectivity index (χ2n) is 8.05. The Morgan fingerprint density at radius 1 is 1.43 bits per heavy atom. The Morgan fingerprint density at radius 3 is 2.77 bits per heavy atom. The zero-order valence-corrected chi connectivity index (χ0v) is 18.6. The van der Waals surface area contributed by atoms with Gasteiger partial charge in [-0.05, 0) is 45.9 Å². The number of nitro groups is 1. The zero-order chi connectivity index (χ0) is 22.2. The molecule has 0 bridgehead atoms. The number of halogens is 1. The summed E-state index contributed by atoms with van der Waals surface area (Å²) in [5.41, 5.74) is 0.242. The molecule has 0 aliphatic carbocycles. The van der Waals surface area contributed by atoms with Crippen molar-refractivity contribution in [2.45, 2.75) is 39.3 Å². The van der Waals surface area contributed by atoms with Gasteiger partial charge in [-0.25, -0.2) is 9.79 Å². The Bertz CT molecular complexity index is 1040. The minimum atomic E-state index is -0.718. The largest absolute Gasteiger partial charge is 0.502 e. The molecule has 160 valence electrons. The summed E-state index contributed by atoms with van der Waals surface area (Å²) < 4.78 is 5.58. The zero-order valence-electron chi connectivity index (χ0n) is 17.1. The van der Waals surface area contributed by atoms with Gasteiger partial charge in [0.15, 0.2) is 0 Å². The van der Waals surface area contributed by atoms with Crippen molar-refractivity contribution in [3.05, 3.63) is 48.8 Å². The Morgan fingerprint density at radius 2 is 2.13 bits per heavy atom. The van der Waals surface area contributed by atoms with Crippen molar-refractivity contribution in [2.75, 3.05) is 13.6 Å². The Hall–Kier alpha value is -2.49. The highest BCUT2D eigenvalue weighted by atomic mass is 35.5. The van der Waals surface area contributed by atoms with Crippen LogP contribution in [0.4, 0.5) is 10.7 Å². The lowest BCUT2D eigenvalue weighted by Gasteiger charge is -2.23. The number of nitro benzene ring substituents is 1. The third-order valence-corrected chi connectivity index (χ3v) is 5.78. The van der Waals surface area contributed by atoms with Gasteiger partial charge in [-0.1, -0.05) is 11.6 Å². The molecule has 8 nitrogen and oxygen atoms in total. The molecular weight excluding hydrogens is 430 g/mol. The van der Waals surface area contributed by atoms with E-state index in [1.807, 2.05) is 7.05 Å². The van der Waals surface area contributed by atoms with E-state index in [2.05, 4.69) is 9.89 Å². The van der Waals surface area contributed by atoms with E-state index in [-0.39, 0.29) is 10.6 Å². The molecule has 10 heteroatoms. The number of benzene rings is 1. The van der Waals surface area contributed by atoms with Crippen molar-refractivity contribution in [3.63, 3.8) is 0 Å². The Kier molecular flexibility index (Phi) is 6.16. The maximum absolute atomic E-state index is 12.9. The van der Waals surface area contributed by atoms with Crippen LogP contribution in [0.15, 0.2) is 17.1 Å². The molecule has 1 aromatic carbocycles. The van der Waals surface area contributed by atoms with E-state index in [1.165, 1.54) is 23.6 Å². The molecule has 0 saturated heterocycles. The second kappa shape index (κ2) is 8.33. The minimum absolute atomic E-state index is 0.0906. The van der Waals surface area contributed by atoms with Gasteiger partial charge in [0.1, 0.15) is 10.6 Å². The summed E-state index contributed by atoms with van der Waals surface area (Å²) in [4.78, 5) is 30.9. The highest BCUT2D eigenvalue weighted by Gasteiger charge is 2.30. The van der Waals surface area contributed by atoms with Crippen LogP contribution in [-0.4, -0.2) is 46.3 Å². The van der Waals surface area contributed by atoms with E-state index in [0.29, 0.717) is 23.5 Å². The second-order valence-corrected chi connectivity index (χ2v) is 9.57. The predicted octanol–water partition coefficient (Wildman–Crippen LogP) is 4.71. The molecule has 0 fully saturated rings. The summed E-state index contributed by atoms with van der Waals surface area (Å²) in [5, 5.41) is 21.9. The highest BCUT2D eigenvalue weighted by molar-refractivity contribution is 7.16. The summed E-state index contributed by atoms with van der Waals surface area (Å²) >= 11 is 7.32. The minimum Gasteiger partial charge on any atom is -0.502 e. The smallest absolute Gasteiger partial charge is 0.342 e. The maximum Gasteiger partial charge on any atom is 0.342 e. The first-order chi connectivity index (χ1) is 14.0. The molecule has 30 heavy (non-hydrogen) atoms. The first-order valence-electron chi connectivity index (χ1n) is 9.23. The number of ether oxygens (including phenoxy) is 1. The van der Waals surface area contributed by atoms with Gasteiger partial charge in [-0.2, -0.15) is 0 Å². The van der Waals surface area contributed by atoms with Gasteiger partial charge in [0.25, 0.3) is 0 Å². The molecule has 1 aliphatic rings. The summed E-state index contributed by atoms with van der Waals surface area (Å²) in [6.45, 7) is 6.89. The quantitative estimate of drug-likeness (QED) is 0.312. The molecule has 0 spiro atoms. The van der Waals surface area contributed by atoms with E-state index >= 15 is 0 Å². The highest BCUT2D eigenvalue weighted by Crippen LogP contribution is 2.40. The van der Waals surface area contributed by atoms with Gasteiger partial charge < -0.3 is 14.7 Å². The van der Waals surface area contributed by atoms with E-state index in [4.69, 9.17) is 16.3 Å². The fraction of sp³-hybridized carbons (Fsp3) is 0.400. The Labute approximate surface area is 182 Å². The molecule has 0 radical (unpaired) electrons. The molecule has 1 N–H and O–H groups in total. The topological polar surface area (TPSA) is 105 Å². The Balaban J connectivity index is 2.06. The number of thiophene rings is 1. The fourth-order valence-electron chi connectivity index (χ4n) is 3.12. The number of rotatable bonds is 4. The number of hydrogen-bond donors (Lipinski definition) is 1. The van der Waals surface area contributed by atoms with E-state index in [1.54, 1.807) is 20.8 Å². The number of aliphatic imine (C=N–C) groups is 1. The number of likely N-dealkylation sites (N-methyl/N-ethyl adjacent to an activating group) is 1. The van der Waals surface area contributed by atoms with Crippen LogP contribution in [0.2, 0.25) is 5.02 Å². The van der Waals surface area contributed by atoms with Gasteiger partial charge in [-0.3, -0.25) is 10.1 Å². The number of phenolic OH excluding ortho intramolecular Hbond substituents is 1. The lowest BCUT2D eigenvalue weighted by Crippen LogP contribution is -2.28. The van der Waals surface area contributed by atoms with E-state index < -0.39 is 27.9 Å². The monoisotopic (exact) mass is 451 g/mol. The van der Waals surface area contributed by atoms with Crippen LogP contribution in [0.5, 0.6) is 5.75 Å². The van der Waals surface area contributed by atoms with Crippen LogP contribution < -0.4 is 0 Å². The third kappa shape index (κ3) is 4.80. The number of esters is 1. The van der Waals surface area contributed by atoms with E-state index in [9.17, 15) is 20.0 Å². The number of carbonyl (C=O) groups excluding carboxylic acids is 1. The lowest BCUT2D eigenvalue weighted by atomic mass is 10.0. The van der Waals surface area contributed by atoms with Crippen molar-refractivity contribution in [2.24, 2.45) is 4.99 Å². The predicted molar refractivity (Wildman–Crippen MR) is 117 cm³/mol. The standard InChI is InChI=1S/C20H22ClN3O5S/c1-20(2,3)29-19(26)16-13-5-6-23(4)10-15(13)30-18(16)22-9-11-7-12(21)8-14(17(11)25)24(27)28/h7-9,25H,5-6,10H2,1-4H3. The van der Waals surface area contributed by atoms with Gasteiger partial charge in [0.2, 0.25) is 5.75 Å². The van der Waals surface area contributed by atoms with Crippen molar-refractivity contribution >= 4 is 45.8 Å². The fourth-order valence-corrected chi connectivity index (χ4v) is 4.60. The van der Waals surface area contributed by atoms with Crippen LogP contribution in [-0.2, 0) is 17.7 Å². The molecule has 0 atom stereocenters. The van der Waals surface area contributed by atoms with Crippen molar-refractivity contribution < 1.29 is 19.6 Å². The van der Waals surface area contributed by atoms with Crippen LogP contribution in [0.3, 0.4) is 0 Å². The van der Waals surface area contributed by atoms with Crippen LogP contribution in [0.25, 0.3) is 0 Å². The van der Waals surface area contributed by atoms with Crippen molar-refractivity contribution in [1.29, 1.82) is 0 Å². The summed E-state index contributed by atoms with van der Waals surface area (Å²) in [7, 11) is 2.00. The lowest BCUT2D eigenvalue weighted by molar-refractivity contribution is -0.385. The summed E-state index contributed by atoms with van der Waals surface area (Å²) in [6.07, 6.45) is 1.98. The van der Waals surface area contributed by atoms with Gasteiger partial charge in [0, 0.05) is 40.8 Å². The average molecular weight is 452 g/mol. The number of nitrogens with zero attached hydrogens (tertiary/aromatic N) is 3. The average Bonchev–Trinajstić information content (AvgIpc) is 2.97. The van der Waals surface area contributed by atoms with Crippen LogP contribution in [0, 0.1) is 10.1 Å². The van der Waals surface area contributed by atoms with Crippen LogP contribution >= 0.6 is 22.9 Å². The molecule has 2 heterocycles. The van der Waals surface area contributed by atoms with Crippen LogP contribution in [0.1, 0.15) is 47.1 Å². The molecule has 0 amide bonds. The van der Waals surface area contributed by atoms with Crippen molar-refractivity contribution in [3.8, 4) is 5.75 Å². The first-order valence-corrected chi connectivity index (χ1v) is 10.4. The first kappa shape index (κ1) is 22.2. The molecular formula is C20H22ClN3O5S. The molecule has 1 aromatic heterocycles. The number of fused-ring (bicyclic) bond motifs is 1. The summed E-state index contributed by atoms with van der Waals surface area (Å²) in [5.74, 6) is -0.994. The number of carbonyl (C=O) groups is 1. The summed E-state index contributed by atoms with van der Waals surface area (Å²) in [6, 6.07) is 2.45. The van der Waals surface area contributed by atoms with Crippen molar-refractivity contribution in [1.82, 2.24) is 4.90 Å².